The van der Waals surface area contributed by atoms with Crippen LogP contribution in [0.1, 0.15) is 40.5 Å². The second-order valence-electron chi connectivity index (χ2n) is 7.70. The summed E-state index contributed by atoms with van der Waals surface area (Å²) in [5.74, 6) is 0.471. The lowest BCUT2D eigenvalue weighted by Crippen LogP contribution is -2.58. The minimum atomic E-state index is -0.125. The van der Waals surface area contributed by atoms with E-state index in [9.17, 15) is 5.11 Å². The molecule has 2 aliphatic rings. The summed E-state index contributed by atoms with van der Waals surface area (Å²) in [5, 5.41) is 10.4. The van der Waals surface area contributed by atoms with Crippen LogP contribution >= 0.6 is 0 Å². The Morgan fingerprint density at radius 3 is 2.33 bits per heavy atom. The molecule has 1 saturated carbocycles. The lowest BCUT2D eigenvalue weighted by molar-refractivity contribution is 0.000187. The first-order valence-corrected chi connectivity index (χ1v) is 7.34. The molecular weight excluding hydrogens is 224 g/mol. The summed E-state index contributed by atoms with van der Waals surface area (Å²) in [6.07, 6.45) is 2.22. The number of rotatable bonds is 2. The number of aliphatic hydroxyl groups is 1. The average molecular weight is 254 g/mol. The van der Waals surface area contributed by atoms with E-state index in [0.29, 0.717) is 5.92 Å². The Hall–Kier alpha value is -0.120. The van der Waals surface area contributed by atoms with E-state index in [1.54, 1.807) is 0 Å². The maximum absolute atomic E-state index is 10.4. The molecule has 18 heavy (non-hydrogen) atoms. The van der Waals surface area contributed by atoms with Crippen molar-refractivity contribution in [1.82, 2.24) is 9.80 Å². The van der Waals surface area contributed by atoms with Crippen LogP contribution in [0, 0.1) is 11.3 Å². The summed E-state index contributed by atoms with van der Waals surface area (Å²) in [4.78, 5) is 4.99. The van der Waals surface area contributed by atoms with Crippen LogP contribution in [0.2, 0.25) is 0 Å². The van der Waals surface area contributed by atoms with E-state index >= 15 is 0 Å². The Morgan fingerprint density at radius 2 is 1.83 bits per heavy atom. The molecule has 2 fully saturated rings. The molecule has 0 bridgehead atoms. The van der Waals surface area contributed by atoms with Crippen LogP contribution in [0.4, 0.5) is 0 Å². The van der Waals surface area contributed by atoms with Crippen LogP contribution in [0.15, 0.2) is 0 Å². The van der Waals surface area contributed by atoms with Crippen molar-refractivity contribution < 1.29 is 5.11 Å². The second kappa shape index (κ2) is 4.77. The van der Waals surface area contributed by atoms with E-state index < -0.39 is 0 Å². The van der Waals surface area contributed by atoms with Gasteiger partial charge in [-0.05, 0) is 45.1 Å². The fourth-order valence-electron chi connectivity index (χ4n) is 3.52. The number of hydrogen-bond acceptors (Lipinski definition) is 3. The van der Waals surface area contributed by atoms with Gasteiger partial charge < -0.3 is 5.11 Å². The van der Waals surface area contributed by atoms with Crippen molar-refractivity contribution in [3.8, 4) is 0 Å². The molecular formula is C15H30N2O. The van der Waals surface area contributed by atoms with Gasteiger partial charge in [-0.2, -0.15) is 0 Å². The van der Waals surface area contributed by atoms with Gasteiger partial charge in [0.05, 0.1) is 6.10 Å². The van der Waals surface area contributed by atoms with Crippen LogP contribution in [0.25, 0.3) is 0 Å². The van der Waals surface area contributed by atoms with Crippen LogP contribution in [-0.2, 0) is 0 Å². The van der Waals surface area contributed by atoms with Crippen molar-refractivity contribution >= 4 is 0 Å². The number of nitrogens with zero attached hydrogens (tertiary/aromatic N) is 2. The summed E-state index contributed by atoms with van der Waals surface area (Å²) in [7, 11) is 2.21. The van der Waals surface area contributed by atoms with Crippen LogP contribution in [0.5, 0.6) is 0 Å². The lowest BCUT2D eigenvalue weighted by atomic mass is 9.87. The van der Waals surface area contributed by atoms with Crippen molar-refractivity contribution in [1.29, 1.82) is 0 Å². The third-order valence-corrected chi connectivity index (χ3v) is 5.29. The molecule has 0 spiro atoms. The Morgan fingerprint density at radius 1 is 1.17 bits per heavy atom. The highest BCUT2D eigenvalue weighted by atomic mass is 16.3. The standard InChI is InChI=1S/C15H30N2O/c1-14(2)7-6-12(13(14)18)10-17-9-8-16(5)15(3,4)11-17/h12-13,18H,6-11H2,1-5H3. The fraction of sp³-hybridized carbons (Fsp3) is 1.00. The topological polar surface area (TPSA) is 26.7 Å². The van der Waals surface area contributed by atoms with E-state index in [2.05, 4.69) is 44.5 Å². The van der Waals surface area contributed by atoms with Gasteiger partial charge >= 0.3 is 0 Å². The number of likely N-dealkylation sites (N-methyl/N-ethyl adjacent to an activating group) is 1. The van der Waals surface area contributed by atoms with Crippen molar-refractivity contribution in [2.45, 2.75) is 52.2 Å². The molecule has 3 nitrogen and oxygen atoms in total. The van der Waals surface area contributed by atoms with E-state index in [0.717, 1.165) is 32.6 Å². The Balaban J connectivity index is 1.92. The zero-order chi connectivity index (χ0) is 13.6. The van der Waals surface area contributed by atoms with Gasteiger partial charge in [-0.3, -0.25) is 9.80 Å². The molecule has 2 atom stereocenters. The zero-order valence-corrected chi connectivity index (χ0v) is 12.7. The van der Waals surface area contributed by atoms with Crippen LogP contribution in [-0.4, -0.2) is 59.8 Å². The number of aliphatic hydroxyl groups excluding tert-OH is 1. The first-order chi connectivity index (χ1) is 8.22. The van der Waals surface area contributed by atoms with Crippen molar-refractivity contribution in [3.05, 3.63) is 0 Å². The maximum Gasteiger partial charge on any atom is 0.0631 e. The molecule has 0 aromatic carbocycles. The monoisotopic (exact) mass is 254 g/mol. The highest BCUT2D eigenvalue weighted by molar-refractivity contribution is 4.95. The van der Waals surface area contributed by atoms with Gasteiger partial charge in [-0.1, -0.05) is 13.8 Å². The lowest BCUT2D eigenvalue weighted by Gasteiger charge is -2.46. The van der Waals surface area contributed by atoms with E-state index in [-0.39, 0.29) is 17.1 Å². The molecule has 2 unspecified atom stereocenters. The summed E-state index contributed by atoms with van der Waals surface area (Å²) in [6, 6.07) is 0. The summed E-state index contributed by atoms with van der Waals surface area (Å²) in [6.45, 7) is 13.5. The SMILES string of the molecule is CN1CCN(CC2CCC(C)(C)C2O)CC1(C)C. The quantitative estimate of drug-likeness (QED) is 0.814. The van der Waals surface area contributed by atoms with Gasteiger partial charge in [0.2, 0.25) is 0 Å². The minimum absolute atomic E-state index is 0.118. The van der Waals surface area contributed by atoms with Crippen molar-refractivity contribution in [2.24, 2.45) is 11.3 Å². The first-order valence-electron chi connectivity index (χ1n) is 7.34. The minimum Gasteiger partial charge on any atom is -0.392 e. The highest BCUT2D eigenvalue weighted by Crippen LogP contribution is 2.41. The fourth-order valence-corrected chi connectivity index (χ4v) is 3.52. The molecule has 2 rings (SSSR count). The smallest absolute Gasteiger partial charge is 0.0631 e. The molecule has 1 heterocycles. The van der Waals surface area contributed by atoms with Gasteiger partial charge in [-0.25, -0.2) is 0 Å². The van der Waals surface area contributed by atoms with Crippen molar-refractivity contribution in [2.75, 3.05) is 33.2 Å². The molecule has 3 heteroatoms. The van der Waals surface area contributed by atoms with Gasteiger partial charge in [0.1, 0.15) is 0 Å². The molecule has 1 aliphatic carbocycles. The molecule has 1 saturated heterocycles. The zero-order valence-electron chi connectivity index (χ0n) is 12.7. The van der Waals surface area contributed by atoms with E-state index in [1.807, 2.05) is 0 Å². The second-order valence-corrected chi connectivity index (χ2v) is 7.70. The van der Waals surface area contributed by atoms with Gasteiger partial charge in [0.15, 0.2) is 0 Å². The van der Waals surface area contributed by atoms with Gasteiger partial charge in [0, 0.05) is 31.7 Å². The highest BCUT2D eigenvalue weighted by Gasteiger charge is 2.42. The Bertz CT molecular complexity index is 301. The maximum atomic E-state index is 10.4. The third kappa shape index (κ3) is 2.73. The first kappa shape index (κ1) is 14.3. The number of hydrogen-bond donors (Lipinski definition) is 1. The third-order valence-electron chi connectivity index (χ3n) is 5.29. The van der Waals surface area contributed by atoms with Crippen LogP contribution < -0.4 is 0 Å². The van der Waals surface area contributed by atoms with Crippen molar-refractivity contribution in [3.63, 3.8) is 0 Å². The normalized spacial score (nSPS) is 37.0. The Labute approximate surface area is 112 Å². The largest absolute Gasteiger partial charge is 0.392 e. The van der Waals surface area contributed by atoms with E-state index in [1.165, 1.54) is 6.42 Å². The predicted molar refractivity (Wildman–Crippen MR) is 75.7 cm³/mol. The van der Waals surface area contributed by atoms with Gasteiger partial charge in [0.25, 0.3) is 0 Å². The Kier molecular flexibility index (Phi) is 3.79. The molecule has 106 valence electrons. The van der Waals surface area contributed by atoms with E-state index in [4.69, 9.17) is 0 Å². The number of piperazine rings is 1. The predicted octanol–water partition coefficient (Wildman–Crippen LogP) is 1.81. The molecule has 1 N–H and O–H groups in total. The molecule has 0 radical (unpaired) electrons. The average Bonchev–Trinajstić information content (AvgIpc) is 2.50. The molecule has 0 aromatic rings. The summed E-state index contributed by atoms with van der Waals surface area (Å²) < 4.78 is 0. The molecule has 1 aliphatic heterocycles. The van der Waals surface area contributed by atoms with Crippen LogP contribution in [0.3, 0.4) is 0 Å². The summed E-state index contributed by atoms with van der Waals surface area (Å²) >= 11 is 0. The molecule has 0 amide bonds. The summed E-state index contributed by atoms with van der Waals surface area (Å²) in [5.41, 5.74) is 0.379. The van der Waals surface area contributed by atoms with Gasteiger partial charge in [-0.15, -0.1) is 0 Å². The molecule has 0 aromatic heterocycles.